The molecule has 5 nitrogen and oxygen atoms in total. The molecule has 90 valence electrons. The second-order valence-electron chi connectivity index (χ2n) is 3.50. The van der Waals surface area contributed by atoms with Crippen LogP contribution in [0.4, 0.5) is 4.79 Å². The first-order valence-corrected chi connectivity index (χ1v) is 5.92. The largest absolute Gasteiger partial charge is 0.464 e. The Morgan fingerprint density at radius 3 is 2.06 bits per heavy atom. The molecule has 1 aliphatic heterocycles. The Labute approximate surface area is 106 Å². The highest BCUT2D eigenvalue weighted by molar-refractivity contribution is 8.18. The molecule has 1 fully saturated rings. The van der Waals surface area contributed by atoms with Crippen LogP contribution < -0.4 is 5.32 Å². The molecule has 0 aliphatic carbocycles. The van der Waals surface area contributed by atoms with Crippen molar-refractivity contribution in [2.45, 2.75) is 0 Å². The summed E-state index contributed by atoms with van der Waals surface area (Å²) in [6.45, 7) is 0. The van der Waals surface area contributed by atoms with E-state index in [1.165, 1.54) is 12.5 Å². The van der Waals surface area contributed by atoms with Crippen molar-refractivity contribution in [2.75, 3.05) is 0 Å². The van der Waals surface area contributed by atoms with Gasteiger partial charge in [0.25, 0.3) is 11.1 Å². The fourth-order valence-corrected chi connectivity index (χ4v) is 2.44. The van der Waals surface area contributed by atoms with Crippen LogP contribution in [0.5, 0.6) is 0 Å². The molecule has 0 radical (unpaired) electrons. The van der Waals surface area contributed by atoms with E-state index in [1.807, 2.05) is 0 Å². The minimum Gasteiger partial charge on any atom is -0.464 e. The number of nitrogens with one attached hydrogen (secondary N) is 1. The van der Waals surface area contributed by atoms with E-state index >= 15 is 0 Å². The molecule has 1 aliphatic rings. The predicted molar refractivity (Wildman–Crippen MR) is 64.6 cm³/mol. The Morgan fingerprint density at radius 2 is 1.67 bits per heavy atom. The highest BCUT2D eigenvalue weighted by atomic mass is 32.2. The van der Waals surface area contributed by atoms with Crippen LogP contribution in [-0.4, -0.2) is 11.1 Å². The topological polar surface area (TPSA) is 72.5 Å². The van der Waals surface area contributed by atoms with Gasteiger partial charge in [0.2, 0.25) is 0 Å². The second-order valence-corrected chi connectivity index (χ2v) is 4.49. The molecular weight excluding hydrogens is 254 g/mol. The fourth-order valence-electron chi connectivity index (χ4n) is 1.67. The monoisotopic (exact) mass is 261 g/mol. The van der Waals surface area contributed by atoms with Gasteiger partial charge in [-0.2, -0.15) is 0 Å². The first kappa shape index (κ1) is 10.9. The molecule has 2 aromatic rings. The SMILES string of the molecule is O=C1NC(=O)C(=C(c2ccco2)c2ccco2)S1. The summed E-state index contributed by atoms with van der Waals surface area (Å²) in [4.78, 5) is 23.2. The minimum absolute atomic E-state index is 0.282. The molecule has 18 heavy (non-hydrogen) atoms. The molecule has 6 heteroatoms. The van der Waals surface area contributed by atoms with Crippen molar-refractivity contribution in [3.05, 3.63) is 53.2 Å². The zero-order chi connectivity index (χ0) is 12.5. The zero-order valence-corrected chi connectivity index (χ0v) is 9.82. The number of carbonyl (C=O) groups excluding carboxylic acids is 2. The van der Waals surface area contributed by atoms with E-state index in [0.29, 0.717) is 17.1 Å². The van der Waals surface area contributed by atoms with Crippen molar-refractivity contribution in [2.24, 2.45) is 0 Å². The first-order chi connectivity index (χ1) is 8.75. The summed E-state index contributed by atoms with van der Waals surface area (Å²) in [5.41, 5.74) is 0.485. The van der Waals surface area contributed by atoms with Crippen molar-refractivity contribution in [3.8, 4) is 0 Å². The Hall–Kier alpha value is -2.21. The van der Waals surface area contributed by atoms with Gasteiger partial charge in [0.05, 0.1) is 23.0 Å². The first-order valence-electron chi connectivity index (χ1n) is 5.11. The van der Waals surface area contributed by atoms with E-state index in [4.69, 9.17) is 8.83 Å². The Bertz CT molecular complexity index is 589. The third-order valence-corrected chi connectivity index (χ3v) is 3.26. The van der Waals surface area contributed by atoms with Gasteiger partial charge in [-0.15, -0.1) is 0 Å². The normalized spacial score (nSPS) is 15.0. The molecule has 0 bridgehead atoms. The summed E-state index contributed by atoms with van der Waals surface area (Å²) in [6, 6.07) is 6.83. The molecule has 0 atom stereocenters. The summed E-state index contributed by atoms with van der Waals surface area (Å²) in [5.74, 6) is 0.530. The second kappa shape index (κ2) is 4.23. The van der Waals surface area contributed by atoms with Gasteiger partial charge < -0.3 is 8.83 Å². The molecule has 0 unspecified atom stereocenters. The average Bonchev–Trinajstić information content (AvgIpc) is 3.04. The highest BCUT2D eigenvalue weighted by Gasteiger charge is 2.31. The van der Waals surface area contributed by atoms with Crippen LogP contribution in [-0.2, 0) is 4.79 Å². The van der Waals surface area contributed by atoms with E-state index in [2.05, 4.69) is 5.32 Å². The lowest BCUT2D eigenvalue weighted by Gasteiger charge is -2.02. The van der Waals surface area contributed by atoms with Gasteiger partial charge in [0.1, 0.15) is 11.5 Å². The number of imide groups is 1. The van der Waals surface area contributed by atoms with E-state index in [0.717, 1.165) is 11.8 Å². The van der Waals surface area contributed by atoms with Crippen LogP contribution in [0, 0.1) is 0 Å². The standard InChI is InChI=1S/C12H7NO4S/c14-11-10(18-12(15)13-11)9(7-3-1-5-16-7)8-4-2-6-17-8/h1-6H,(H,13,14,15). The lowest BCUT2D eigenvalue weighted by molar-refractivity contribution is -0.115. The van der Waals surface area contributed by atoms with Crippen molar-refractivity contribution in [3.63, 3.8) is 0 Å². The smallest absolute Gasteiger partial charge is 0.290 e. The number of hydrogen-bond acceptors (Lipinski definition) is 5. The Kier molecular flexibility index (Phi) is 2.56. The van der Waals surface area contributed by atoms with Crippen LogP contribution in [0.3, 0.4) is 0 Å². The van der Waals surface area contributed by atoms with Gasteiger partial charge in [-0.1, -0.05) is 0 Å². The van der Waals surface area contributed by atoms with Crippen molar-refractivity contribution >= 4 is 28.5 Å². The number of furan rings is 2. The average molecular weight is 261 g/mol. The molecule has 0 saturated carbocycles. The fraction of sp³-hybridized carbons (Fsp3) is 0. The number of amides is 2. The lowest BCUT2D eigenvalue weighted by atomic mass is 10.1. The van der Waals surface area contributed by atoms with Gasteiger partial charge in [0.15, 0.2) is 0 Å². The van der Waals surface area contributed by atoms with Crippen molar-refractivity contribution in [1.82, 2.24) is 5.32 Å². The number of thioether (sulfide) groups is 1. The van der Waals surface area contributed by atoms with Gasteiger partial charge in [-0.3, -0.25) is 14.9 Å². The number of rotatable bonds is 2. The maximum absolute atomic E-state index is 11.7. The molecule has 1 N–H and O–H groups in total. The van der Waals surface area contributed by atoms with Gasteiger partial charge in [-0.25, -0.2) is 0 Å². The third kappa shape index (κ3) is 1.76. The lowest BCUT2D eigenvalue weighted by Crippen LogP contribution is -2.18. The predicted octanol–water partition coefficient (Wildman–Crippen LogP) is 2.62. The van der Waals surface area contributed by atoms with Gasteiger partial charge in [0, 0.05) is 0 Å². The van der Waals surface area contributed by atoms with E-state index in [-0.39, 0.29) is 4.91 Å². The molecule has 1 saturated heterocycles. The van der Waals surface area contributed by atoms with Gasteiger partial charge in [-0.05, 0) is 36.0 Å². The molecule has 2 aromatic heterocycles. The molecule has 0 aromatic carbocycles. The summed E-state index contributed by atoms with van der Waals surface area (Å²) < 4.78 is 10.6. The summed E-state index contributed by atoms with van der Waals surface area (Å²) in [6.07, 6.45) is 3.00. The number of carbonyl (C=O) groups is 2. The summed E-state index contributed by atoms with van der Waals surface area (Å²) in [5, 5.41) is 1.82. The van der Waals surface area contributed by atoms with E-state index in [9.17, 15) is 9.59 Å². The molecule has 2 amide bonds. The van der Waals surface area contributed by atoms with Crippen LogP contribution in [0.2, 0.25) is 0 Å². The minimum atomic E-state index is -0.437. The maximum Gasteiger partial charge on any atom is 0.290 e. The van der Waals surface area contributed by atoms with Crippen LogP contribution in [0.25, 0.3) is 5.57 Å². The third-order valence-electron chi connectivity index (χ3n) is 2.38. The van der Waals surface area contributed by atoms with Crippen molar-refractivity contribution < 1.29 is 18.4 Å². The summed E-state index contributed by atoms with van der Waals surface area (Å²) >= 11 is 0.838. The number of hydrogen-bond donors (Lipinski definition) is 1. The quantitative estimate of drug-likeness (QED) is 0.841. The Balaban J connectivity index is 2.20. The highest BCUT2D eigenvalue weighted by Crippen LogP contribution is 2.36. The molecule has 3 rings (SSSR count). The van der Waals surface area contributed by atoms with Crippen LogP contribution in [0.1, 0.15) is 11.5 Å². The van der Waals surface area contributed by atoms with Gasteiger partial charge >= 0.3 is 0 Å². The zero-order valence-electron chi connectivity index (χ0n) is 9.01. The van der Waals surface area contributed by atoms with E-state index < -0.39 is 11.1 Å². The van der Waals surface area contributed by atoms with Crippen LogP contribution in [0.15, 0.2) is 50.5 Å². The van der Waals surface area contributed by atoms with Crippen molar-refractivity contribution in [1.29, 1.82) is 0 Å². The summed E-state index contributed by atoms with van der Waals surface area (Å²) in [7, 11) is 0. The Morgan fingerprint density at radius 1 is 1.06 bits per heavy atom. The van der Waals surface area contributed by atoms with E-state index in [1.54, 1.807) is 24.3 Å². The molecule has 0 spiro atoms. The maximum atomic E-state index is 11.7. The molecule has 3 heterocycles. The molecular formula is C12H7NO4S. The van der Waals surface area contributed by atoms with Crippen LogP contribution >= 0.6 is 11.8 Å².